The highest BCUT2D eigenvalue weighted by Gasteiger charge is 2.37. The Labute approximate surface area is 161 Å². The first-order valence-corrected chi connectivity index (χ1v) is 8.32. The first-order valence-electron chi connectivity index (χ1n) is 8.32. The second-order valence-corrected chi connectivity index (χ2v) is 6.25. The highest BCUT2D eigenvalue weighted by Crippen LogP contribution is 2.39. The molecule has 0 fully saturated rings. The van der Waals surface area contributed by atoms with Gasteiger partial charge in [-0.15, -0.1) is 0 Å². The number of nitrogens with zero attached hydrogens (tertiary/aromatic N) is 1. The minimum Gasteiger partial charge on any atom is -0.472 e. The van der Waals surface area contributed by atoms with Gasteiger partial charge in [0.15, 0.2) is 5.78 Å². The Bertz CT molecular complexity index is 975. The van der Waals surface area contributed by atoms with Crippen molar-refractivity contribution in [1.29, 1.82) is 0 Å². The number of pyridine rings is 1. The van der Waals surface area contributed by atoms with Crippen molar-refractivity contribution in [2.45, 2.75) is 24.7 Å². The standard InChI is InChI=1S/C20H13F6NO2/c21-19(22,23)14-5-3-12(4-6-14)15(10-17(28)13-7-9-29-11-13)18-16(20(24,25)26)2-1-8-27-18/h1-9,11,15H,10H2/t15-/m0/s1. The third kappa shape index (κ3) is 4.67. The van der Waals surface area contributed by atoms with Gasteiger partial charge in [-0.1, -0.05) is 12.1 Å². The normalized spacial score (nSPS) is 13.3. The molecule has 0 aliphatic heterocycles. The lowest BCUT2D eigenvalue weighted by Gasteiger charge is -2.21. The molecule has 0 radical (unpaired) electrons. The highest BCUT2D eigenvalue weighted by atomic mass is 19.4. The summed E-state index contributed by atoms with van der Waals surface area (Å²) in [7, 11) is 0. The maximum Gasteiger partial charge on any atom is 0.418 e. The van der Waals surface area contributed by atoms with E-state index in [1.165, 1.54) is 12.3 Å². The third-order valence-corrected chi connectivity index (χ3v) is 4.35. The van der Waals surface area contributed by atoms with Crippen molar-refractivity contribution in [1.82, 2.24) is 4.98 Å². The van der Waals surface area contributed by atoms with Gasteiger partial charge in [-0.05, 0) is 35.9 Å². The van der Waals surface area contributed by atoms with E-state index in [-0.39, 0.29) is 11.1 Å². The molecule has 0 bridgehead atoms. The zero-order chi connectivity index (χ0) is 21.2. The van der Waals surface area contributed by atoms with Crippen LogP contribution in [0.2, 0.25) is 0 Å². The summed E-state index contributed by atoms with van der Waals surface area (Å²) in [5.41, 5.74) is -2.18. The fourth-order valence-corrected chi connectivity index (χ4v) is 2.94. The molecule has 1 atom stereocenters. The lowest BCUT2D eigenvalue weighted by Crippen LogP contribution is -2.17. The molecule has 0 saturated heterocycles. The van der Waals surface area contributed by atoms with Gasteiger partial charge in [0.25, 0.3) is 0 Å². The lowest BCUT2D eigenvalue weighted by molar-refractivity contribution is -0.139. The Morgan fingerprint density at radius 1 is 0.966 bits per heavy atom. The van der Waals surface area contributed by atoms with E-state index in [1.807, 2.05) is 0 Å². The van der Waals surface area contributed by atoms with Gasteiger partial charge in [0.1, 0.15) is 6.26 Å². The van der Waals surface area contributed by atoms with Crippen LogP contribution in [0.1, 0.15) is 45.1 Å². The molecule has 0 amide bonds. The average molecular weight is 413 g/mol. The van der Waals surface area contributed by atoms with Gasteiger partial charge in [0.05, 0.1) is 28.6 Å². The maximum absolute atomic E-state index is 13.5. The molecule has 3 aromatic rings. The summed E-state index contributed by atoms with van der Waals surface area (Å²) < 4.78 is 83.7. The Morgan fingerprint density at radius 3 is 2.21 bits per heavy atom. The van der Waals surface area contributed by atoms with Crippen molar-refractivity contribution in [2.75, 3.05) is 0 Å². The van der Waals surface area contributed by atoms with Crippen molar-refractivity contribution in [3.63, 3.8) is 0 Å². The molecule has 3 rings (SSSR count). The van der Waals surface area contributed by atoms with Crippen LogP contribution in [0.15, 0.2) is 65.6 Å². The molecule has 2 aromatic heterocycles. The number of ketones is 1. The predicted octanol–water partition coefficient (Wildman–Crippen LogP) is 6.12. The number of benzene rings is 1. The number of halogens is 6. The molecule has 0 spiro atoms. The quantitative estimate of drug-likeness (QED) is 0.374. The van der Waals surface area contributed by atoms with Gasteiger partial charge >= 0.3 is 12.4 Å². The minimum absolute atomic E-state index is 0.110. The van der Waals surface area contributed by atoms with Crippen LogP contribution in [0.4, 0.5) is 26.3 Å². The van der Waals surface area contributed by atoms with E-state index >= 15 is 0 Å². The Morgan fingerprint density at radius 2 is 1.66 bits per heavy atom. The molecule has 152 valence electrons. The Kier molecular flexibility index (Phi) is 5.50. The van der Waals surface area contributed by atoms with Crippen molar-refractivity contribution in [2.24, 2.45) is 0 Å². The summed E-state index contributed by atoms with van der Waals surface area (Å²) in [5.74, 6) is -1.72. The number of hydrogen-bond acceptors (Lipinski definition) is 3. The zero-order valence-corrected chi connectivity index (χ0v) is 14.6. The second-order valence-electron chi connectivity index (χ2n) is 6.25. The van der Waals surface area contributed by atoms with Gasteiger partial charge < -0.3 is 4.42 Å². The maximum atomic E-state index is 13.5. The van der Waals surface area contributed by atoms with Crippen LogP contribution in [-0.4, -0.2) is 10.8 Å². The zero-order valence-electron chi connectivity index (χ0n) is 14.6. The summed E-state index contributed by atoms with van der Waals surface area (Å²) in [6.07, 6.45) is -6.23. The molecule has 0 aliphatic rings. The monoisotopic (exact) mass is 413 g/mol. The molecule has 9 heteroatoms. The molecular formula is C20H13F6NO2. The fraction of sp³-hybridized carbons (Fsp3) is 0.200. The molecule has 2 heterocycles. The highest BCUT2D eigenvalue weighted by molar-refractivity contribution is 5.96. The molecule has 0 saturated carbocycles. The van der Waals surface area contributed by atoms with E-state index < -0.39 is 47.3 Å². The summed E-state index contributed by atoms with van der Waals surface area (Å²) >= 11 is 0. The van der Waals surface area contributed by atoms with Crippen LogP contribution in [-0.2, 0) is 12.4 Å². The van der Waals surface area contributed by atoms with Gasteiger partial charge in [0, 0.05) is 18.5 Å². The number of carbonyl (C=O) groups excluding carboxylic acids is 1. The van der Waals surface area contributed by atoms with Crippen LogP contribution < -0.4 is 0 Å². The number of Topliss-reactive ketones (excluding diaryl/α,β-unsaturated/α-hetero) is 1. The Balaban J connectivity index is 2.07. The first kappa shape index (κ1) is 20.6. The summed E-state index contributed by atoms with van der Waals surface area (Å²) in [5, 5.41) is 0. The molecular weight excluding hydrogens is 400 g/mol. The van der Waals surface area contributed by atoms with Crippen LogP contribution in [0.3, 0.4) is 0 Å². The van der Waals surface area contributed by atoms with Gasteiger partial charge in [0.2, 0.25) is 0 Å². The number of carbonyl (C=O) groups is 1. The third-order valence-electron chi connectivity index (χ3n) is 4.35. The summed E-state index contributed by atoms with van der Waals surface area (Å²) in [6.45, 7) is 0. The number of hydrogen-bond donors (Lipinski definition) is 0. The van der Waals surface area contributed by atoms with E-state index in [0.29, 0.717) is 0 Å². The van der Waals surface area contributed by atoms with Crippen molar-refractivity contribution in [3.8, 4) is 0 Å². The van der Waals surface area contributed by atoms with Gasteiger partial charge in [-0.2, -0.15) is 26.3 Å². The van der Waals surface area contributed by atoms with E-state index in [1.54, 1.807) is 0 Å². The molecule has 29 heavy (non-hydrogen) atoms. The lowest BCUT2D eigenvalue weighted by atomic mass is 9.86. The van der Waals surface area contributed by atoms with Gasteiger partial charge in [-0.3, -0.25) is 9.78 Å². The number of alkyl halides is 6. The fourth-order valence-electron chi connectivity index (χ4n) is 2.94. The molecule has 0 aliphatic carbocycles. The van der Waals surface area contributed by atoms with E-state index in [0.717, 1.165) is 48.9 Å². The SMILES string of the molecule is O=C(C[C@@H](c1ccc(C(F)(F)F)cc1)c1ncccc1C(F)(F)F)c1ccoc1. The van der Waals surface area contributed by atoms with E-state index in [2.05, 4.69) is 4.98 Å². The predicted molar refractivity (Wildman–Crippen MR) is 90.2 cm³/mol. The molecule has 1 aromatic carbocycles. The molecule has 3 nitrogen and oxygen atoms in total. The average Bonchev–Trinajstić information content (AvgIpc) is 3.20. The van der Waals surface area contributed by atoms with Crippen LogP contribution in [0.5, 0.6) is 0 Å². The smallest absolute Gasteiger partial charge is 0.418 e. The van der Waals surface area contributed by atoms with E-state index in [9.17, 15) is 31.1 Å². The minimum atomic E-state index is -4.74. The Hall–Kier alpha value is -3.10. The van der Waals surface area contributed by atoms with Crippen molar-refractivity contribution in [3.05, 3.63) is 89.1 Å². The van der Waals surface area contributed by atoms with Crippen LogP contribution >= 0.6 is 0 Å². The topological polar surface area (TPSA) is 43.1 Å². The summed E-state index contributed by atoms with van der Waals surface area (Å²) in [6, 6.07) is 6.93. The largest absolute Gasteiger partial charge is 0.472 e. The number of aromatic nitrogens is 1. The van der Waals surface area contributed by atoms with Gasteiger partial charge in [-0.25, -0.2) is 0 Å². The van der Waals surface area contributed by atoms with E-state index in [4.69, 9.17) is 4.42 Å². The van der Waals surface area contributed by atoms with Crippen LogP contribution in [0, 0.1) is 0 Å². The van der Waals surface area contributed by atoms with Crippen molar-refractivity contribution >= 4 is 5.78 Å². The number of furan rings is 1. The molecule has 0 unspecified atom stereocenters. The first-order chi connectivity index (χ1) is 13.6. The molecule has 0 N–H and O–H groups in total. The van der Waals surface area contributed by atoms with Crippen molar-refractivity contribution < 1.29 is 35.6 Å². The van der Waals surface area contributed by atoms with Crippen LogP contribution in [0.25, 0.3) is 0 Å². The summed E-state index contributed by atoms with van der Waals surface area (Å²) in [4.78, 5) is 16.3. The second kappa shape index (κ2) is 7.73. The number of rotatable bonds is 5.